The van der Waals surface area contributed by atoms with Gasteiger partial charge in [-0.2, -0.15) is 0 Å². The molecule has 92 valence electrons. The van der Waals surface area contributed by atoms with Crippen LogP contribution in [0.5, 0.6) is 5.75 Å². The van der Waals surface area contributed by atoms with Crippen LogP contribution in [0, 0.1) is 0 Å². The smallest absolute Gasteiger partial charge is 0.122 e. The first-order chi connectivity index (χ1) is 8.58. The van der Waals surface area contributed by atoms with Crippen molar-refractivity contribution in [2.45, 2.75) is 0 Å². The highest BCUT2D eigenvalue weighted by Gasteiger charge is 2.07. The average Bonchev–Trinajstić information content (AvgIpc) is 2.38. The summed E-state index contributed by atoms with van der Waals surface area (Å²) < 4.78 is 0. The van der Waals surface area contributed by atoms with E-state index in [4.69, 9.17) is 18.0 Å². The van der Waals surface area contributed by atoms with E-state index < -0.39 is 0 Å². The van der Waals surface area contributed by atoms with Crippen molar-refractivity contribution < 1.29 is 5.11 Å². The Hall–Kier alpha value is -2.14. The molecule has 5 heteroatoms. The highest BCUT2D eigenvalue weighted by molar-refractivity contribution is 7.80. The third-order valence-corrected chi connectivity index (χ3v) is 2.81. The first-order valence-corrected chi connectivity index (χ1v) is 5.77. The van der Waals surface area contributed by atoms with Crippen LogP contribution >= 0.6 is 12.2 Å². The molecule has 0 saturated carbocycles. The van der Waals surface area contributed by atoms with E-state index in [0.29, 0.717) is 5.69 Å². The summed E-state index contributed by atoms with van der Waals surface area (Å²) in [5.74, 6) is 0.225. The van der Waals surface area contributed by atoms with Crippen LogP contribution in [0.2, 0.25) is 0 Å². The third-order valence-electron chi connectivity index (χ3n) is 2.60. The van der Waals surface area contributed by atoms with E-state index >= 15 is 0 Å². The molecule has 0 aliphatic heterocycles. The first-order valence-electron chi connectivity index (χ1n) is 5.36. The second kappa shape index (κ2) is 5.01. The number of hydrogen-bond donors (Lipinski definition) is 2. The molecule has 18 heavy (non-hydrogen) atoms. The minimum atomic E-state index is 0.225. The number of thiocarbonyl (C=S) groups is 1. The van der Waals surface area contributed by atoms with Gasteiger partial charge in [0.2, 0.25) is 0 Å². The molecule has 0 aliphatic carbocycles. The molecule has 1 heterocycles. The van der Waals surface area contributed by atoms with Crippen molar-refractivity contribution in [2.24, 2.45) is 5.73 Å². The maximum atomic E-state index is 9.47. The number of pyridine rings is 1. The summed E-state index contributed by atoms with van der Waals surface area (Å²) in [6.45, 7) is 0. The summed E-state index contributed by atoms with van der Waals surface area (Å²) in [5, 5.41) is 9.47. The van der Waals surface area contributed by atoms with Crippen LogP contribution in [-0.4, -0.2) is 22.1 Å². The van der Waals surface area contributed by atoms with Gasteiger partial charge in [0.15, 0.2) is 0 Å². The normalized spacial score (nSPS) is 10.1. The minimum Gasteiger partial charge on any atom is -0.508 e. The Morgan fingerprint density at radius 3 is 2.67 bits per heavy atom. The second-order valence-corrected chi connectivity index (χ2v) is 4.28. The Labute approximate surface area is 111 Å². The molecule has 1 aromatic heterocycles. The van der Waals surface area contributed by atoms with E-state index in [9.17, 15) is 5.11 Å². The SMILES string of the molecule is CN(c1cccc(O)c1)c1ccnc(C(N)=S)c1. The molecule has 0 amide bonds. The highest BCUT2D eigenvalue weighted by Crippen LogP contribution is 2.26. The van der Waals surface area contributed by atoms with Crippen molar-refractivity contribution in [3.63, 3.8) is 0 Å². The van der Waals surface area contributed by atoms with E-state index in [1.165, 1.54) is 0 Å². The molecule has 0 fully saturated rings. The molecule has 1 aromatic carbocycles. The topological polar surface area (TPSA) is 62.4 Å². The Bertz CT molecular complexity index is 586. The Morgan fingerprint density at radius 1 is 1.28 bits per heavy atom. The van der Waals surface area contributed by atoms with Gasteiger partial charge in [-0.15, -0.1) is 0 Å². The molecule has 0 radical (unpaired) electrons. The lowest BCUT2D eigenvalue weighted by molar-refractivity contribution is 0.475. The Kier molecular flexibility index (Phi) is 3.43. The maximum absolute atomic E-state index is 9.47. The highest BCUT2D eigenvalue weighted by atomic mass is 32.1. The van der Waals surface area contributed by atoms with Gasteiger partial charge in [0.05, 0.1) is 5.69 Å². The number of benzene rings is 1. The Morgan fingerprint density at radius 2 is 2.00 bits per heavy atom. The number of phenolic OH excluding ortho intramolecular Hbond substituents is 1. The van der Waals surface area contributed by atoms with Crippen molar-refractivity contribution in [1.82, 2.24) is 4.98 Å². The number of nitrogens with two attached hydrogens (primary N) is 1. The fourth-order valence-corrected chi connectivity index (χ4v) is 1.73. The molecular formula is C13H13N3OS. The molecular weight excluding hydrogens is 246 g/mol. The summed E-state index contributed by atoms with van der Waals surface area (Å²) in [7, 11) is 1.90. The molecule has 0 saturated heterocycles. The standard InChI is InChI=1S/C13H13N3OS/c1-16(9-3-2-4-11(17)7-9)10-5-6-15-12(8-10)13(14)18/h2-8,17H,1H3,(H2,14,18). The van der Waals surface area contributed by atoms with E-state index in [-0.39, 0.29) is 10.7 Å². The van der Waals surface area contributed by atoms with Crippen LogP contribution in [0.1, 0.15) is 5.69 Å². The van der Waals surface area contributed by atoms with Gasteiger partial charge in [0.1, 0.15) is 10.7 Å². The number of nitrogens with zero attached hydrogens (tertiary/aromatic N) is 2. The van der Waals surface area contributed by atoms with Crippen LogP contribution < -0.4 is 10.6 Å². The molecule has 3 N–H and O–H groups in total. The van der Waals surface area contributed by atoms with Crippen molar-refractivity contribution in [2.75, 3.05) is 11.9 Å². The van der Waals surface area contributed by atoms with Crippen molar-refractivity contribution >= 4 is 28.6 Å². The molecule has 0 aliphatic rings. The predicted molar refractivity (Wildman–Crippen MR) is 76.3 cm³/mol. The van der Waals surface area contributed by atoms with Crippen LogP contribution in [0.3, 0.4) is 0 Å². The van der Waals surface area contributed by atoms with Crippen molar-refractivity contribution in [3.05, 3.63) is 48.3 Å². The van der Waals surface area contributed by atoms with Crippen LogP contribution in [0.25, 0.3) is 0 Å². The van der Waals surface area contributed by atoms with Gasteiger partial charge in [-0.25, -0.2) is 0 Å². The monoisotopic (exact) mass is 259 g/mol. The molecule has 0 spiro atoms. The fraction of sp³-hybridized carbons (Fsp3) is 0.0769. The molecule has 2 aromatic rings. The largest absolute Gasteiger partial charge is 0.508 e. The summed E-state index contributed by atoms with van der Waals surface area (Å²) in [5.41, 5.74) is 7.91. The predicted octanol–water partition coefficient (Wildman–Crippen LogP) is 2.19. The summed E-state index contributed by atoms with van der Waals surface area (Å²) >= 11 is 4.90. The van der Waals surface area contributed by atoms with E-state index in [2.05, 4.69) is 4.98 Å². The number of hydrogen-bond acceptors (Lipinski definition) is 4. The third kappa shape index (κ3) is 2.57. The lowest BCUT2D eigenvalue weighted by atomic mass is 10.2. The van der Waals surface area contributed by atoms with Crippen LogP contribution in [0.15, 0.2) is 42.6 Å². The van der Waals surface area contributed by atoms with Gasteiger partial charge in [0.25, 0.3) is 0 Å². The first kappa shape index (κ1) is 12.3. The summed E-state index contributed by atoms with van der Waals surface area (Å²) in [6, 6.07) is 10.7. The van der Waals surface area contributed by atoms with E-state index in [0.717, 1.165) is 11.4 Å². The van der Waals surface area contributed by atoms with E-state index in [1.54, 1.807) is 24.4 Å². The number of anilines is 2. The van der Waals surface area contributed by atoms with Gasteiger partial charge in [0, 0.05) is 30.7 Å². The molecule has 4 nitrogen and oxygen atoms in total. The molecule has 2 rings (SSSR count). The van der Waals surface area contributed by atoms with Gasteiger partial charge in [-0.1, -0.05) is 18.3 Å². The van der Waals surface area contributed by atoms with Gasteiger partial charge < -0.3 is 15.7 Å². The van der Waals surface area contributed by atoms with Crippen molar-refractivity contribution in [3.8, 4) is 5.75 Å². The number of aromatic nitrogens is 1. The molecule has 0 unspecified atom stereocenters. The summed E-state index contributed by atoms with van der Waals surface area (Å²) in [6.07, 6.45) is 1.66. The number of phenols is 1. The Balaban J connectivity index is 2.36. The minimum absolute atomic E-state index is 0.225. The number of aromatic hydroxyl groups is 1. The zero-order valence-corrected chi connectivity index (χ0v) is 10.7. The zero-order valence-electron chi connectivity index (χ0n) is 9.87. The average molecular weight is 259 g/mol. The van der Waals surface area contributed by atoms with Gasteiger partial charge >= 0.3 is 0 Å². The lowest BCUT2D eigenvalue weighted by Crippen LogP contribution is -2.14. The number of rotatable bonds is 3. The van der Waals surface area contributed by atoms with Gasteiger partial charge in [-0.05, 0) is 24.3 Å². The molecule has 0 atom stereocenters. The van der Waals surface area contributed by atoms with Crippen LogP contribution in [0.4, 0.5) is 11.4 Å². The fourth-order valence-electron chi connectivity index (χ4n) is 1.61. The quantitative estimate of drug-likeness (QED) is 0.827. The zero-order chi connectivity index (χ0) is 13.1. The van der Waals surface area contributed by atoms with Gasteiger partial charge in [-0.3, -0.25) is 4.98 Å². The second-order valence-electron chi connectivity index (χ2n) is 3.84. The molecule has 0 bridgehead atoms. The maximum Gasteiger partial charge on any atom is 0.122 e. The van der Waals surface area contributed by atoms with Crippen molar-refractivity contribution in [1.29, 1.82) is 0 Å². The summed E-state index contributed by atoms with van der Waals surface area (Å²) in [4.78, 5) is 6.28. The lowest BCUT2D eigenvalue weighted by Gasteiger charge is -2.20. The van der Waals surface area contributed by atoms with Crippen LogP contribution in [-0.2, 0) is 0 Å². The van der Waals surface area contributed by atoms with E-state index in [1.807, 2.05) is 30.1 Å².